The summed E-state index contributed by atoms with van der Waals surface area (Å²) in [6, 6.07) is 0. The average Bonchev–Trinajstić information content (AvgIpc) is 3.12. The number of thiophene rings is 1. The van der Waals surface area contributed by atoms with Crippen LogP contribution < -0.4 is 0 Å². The summed E-state index contributed by atoms with van der Waals surface area (Å²) >= 11 is 1.37. The second-order valence-electron chi connectivity index (χ2n) is 5.37. The van der Waals surface area contributed by atoms with Crippen molar-refractivity contribution in [1.82, 2.24) is 14.4 Å². The van der Waals surface area contributed by atoms with E-state index in [0.717, 1.165) is 4.88 Å². The molecule has 132 valence electrons. The first kappa shape index (κ1) is 17.4. The fourth-order valence-corrected chi connectivity index (χ4v) is 5.05. The van der Waals surface area contributed by atoms with Crippen LogP contribution in [0.3, 0.4) is 0 Å². The van der Waals surface area contributed by atoms with E-state index < -0.39 is 22.1 Å². The zero-order valence-electron chi connectivity index (χ0n) is 12.6. The second-order valence-corrected chi connectivity index (χ2v) is 8.42. The van der Waals surface area contributed by atoms with E-state index in [0.29, 0.717) is 30.5 Å². The minimum atomic E-state index is -4.71. The highest BCUT2D eigenvalue weighted by Gasteiger charge is 2.39. The van der Waals surface area contributed by atoms with Gasteiger partial charge in [-0.25, -0.2) is 8.42 Å². The Bertz CT molecular complexity index is 842. The molecule has 3 heterocycles. The molecule has 0 saturated heterocycles. The lowest BCUT2D eigenvalue weighted by atomic mass is 10.1. The minimum Gasteiger partial charge on any atom is -0.329 e. The van der Waals surface area contributed by atoms with E-state index in [-0.39, 0.29) is 18.1 Å². The maximum absolute atomic E-state index is 12.6. The Morgan fingerprint density at radius 1 is 1.42 bits per heavy atom. The first-order valence-electron chi connectivity index (χ1n) is 7.20. The van der Waals surface area contributed by atoms with Crippen LogP contribution in [0.15, 0.2) is 9.90 Å². The number of hydrogen-bond acceptors (Lipinski definition) is 6. The molecule has 3 rings (SSSR count). The molecule has 0 atom stereocenters. The van der Waals surface area contributed by atoms with Crippen molar-refractivity contribution < 1.29 is 26.1 Å². The number of sulfonamides is 1. The third-order valence-electron chi connectivity index (χ3n) is 3.67. The standard InChI is InChI=1S/C13H14F3N3O3S2/c1-2-5-24(20,21)19-4-3-10-8(6-19)9(7-23-10)11-17-12(22-18-11)13(14,15)16/h7H,2-6H2,1H3. The molecule has 6 nitrogen and oxygen atoms in total. The van der Waals surface area contributed by atoms with Crippen LogP contribution in [0, 0.1) is 0 Å². The topological polar surface area (TPSA) is 76.3 Å². The minimum absolute atomic E-state index is 0.0439. The average molecular weight is 381 g/mol. The van der Waals surface area contributed by atoms with Gasteiger partial charge in [0.25, 0.3) is 0 Å². The Hall–Kier alpha value is -1.46. The van der Waals surface area contributed by atoms with Crippen molar-refractivity contribution in [2.24, 2.45) is 0 Å². The molecule has 0 bridgehead atoms. The van der Waals surface area contributed by atoms with Crippen molar-refractivity contribution in [2.45, 2.75) is 32.5 Å². The molecule has 0 radical (unpaired) electrons. The maximum atomic E-state index is 12.6. The van der Waals surface area contributed by atoms with Gasteiger partial charge in [-0.15, -0.1) is 11.3 Å². The Morgan fingerprint density at radius 2 is 2.17 bits per heavy atom. The van der Waals surface area contributed by atoms with Crippen LogP contribution in [0.2, 0.25) is 0 Å². The van der Waals surface area contributed by atoms with Crippen LogP contribution in [-0.2, 0) is 29.2 Å². The summed E-state index contributed by atoms with van der Waals surface area (Å²) in [4.78, 5) is 4.33. The van der Waals surface area contributed by atoms with Crippen LogP contribution in [0.25, 0.3) is 11.4 Å². The zero-order chi connectivity index (χ0) is 17.5. The van der Waals surface area contributed by atoms with Crippen molar-refractivity contribution in [3.05, 3.63) is 21.7 Å². The van der Waals surface area contributed by atoms with E-state index in [2.05, 4.69) is 14.7 Å². The number of fused-ring (bicyclic) bond motifs is 1. The Balaban J connectivity index is 1.93. The highest BCUT2D eigenvalue weighted by atomic mass is 32.2. The molecule has 0 spiro atoms. The van der Waals surface area contributed by atoms with Crippen LogP contribution in [0.5, 0.6) is 0 Å². The molecule has 2 aromatic rings. The highest BCUT2D eigenvalue weighted by molar-refractivity contribution is 7.89. The monoisotopic (exact) mass is 381 g/mol. The van der Waals surface area contributed by atoms with Crippen molar-refractivity contribution in [1.29, 1.82) is 0 Å². The van der Waals surface area contributed by atoms with E-state index in [9.17, 15) is 21.6 Å². The van der Waals surface area contributed by atoms with E-state index in [1.54, 1.807) is 12.3 Å². The molecular weight excluding hydrogens is 367 g/mol. The van der Waals surface area contributed by atoms with Crippen LogP contribution >= 0.6 is 11.3 Å². The summed E-state index contributed by atoms with van der Waals surface area (Å²) in [5, 5.41) is 5.03. The predicted octanol–water partition coefficient (Wildman–Crippen LogP) is 2.91. The number of halogens is 3. The van der Waals surface area contributed by atoms with Crippen molar-refractivity contribution in [3.8, 4) is 11.4 Å². The molecule has 24 heavy (non-hydrogen) atoms. The molecule has 0 aliphatic carbocycles. The molecule has 2 aromatic heterocycles. The Kier molecular flexibility index (Phi) is 4.43. The van der Waals surface area contributed by atoms with Gasteiger partial charge in [0.15, 0.2) is 0 Å². The number of nitrogens with zero attached hydrogens (tertiary/aromatic N) is 3. The SMILES string of the molecule is CCCS(=O)(=O)N1CCc2scc(-c3noc(C(F)(F)F)n3)c2C1. The summed E-state index contributed by atoms with van der Waals surface area (Å²) in [5.41, 5.74) is 1.05. The maximum Gasteiger partial charge on any atom is 0.471 e. The molecule has 0 aromatic carbocycles. The van der Waals surface area contributed by atoms with E-state index in [1.807, 2.05) is 0 Å². The molecular formula is C13H14F3N3O3S2. The van der Waals surface area contributed by atoms with Crippen LogP contribution in [-0.4, -0.2) is 35.2 Å². The number of alkyl halides is 3. The van der Waals surface area contributed by atoms with E-state index in [4.69, 9.17) is 0 Å². The first-order valence-corrected chi connectivity index (χ1v) is 9.69. The summed E-state index contributed by atoms with van der Waals surface area (Å²) in [7, 11) is -3.38. The smallest absolute Gasteiger partial charge is 0.329 e. The van der Waals surface area contributed by atoms with Gasteiger partial charge in [0.05, 0.1) is 5.75 Å². The van der Waals surface area contributed by atoms with Gasteiger partial charge < -0.3 is 4.52 Å². The fraction of sp³-hybridized carbons (Fsp3) is 0.538. The molecule has 0 fully saturated rings. The predicted molar refractivity (Wildman–Crippen MR) is 80.8 cm³/mol. The second kappa shape index (κ2) is 6.12. The Morgan fingerprint density at radius 3 is 2.79 bits per heavy atom. The van der Waals surface area contributed by atoms with Gasteiger partial charge in [0, 0.05) is 28.9 Å². The van der Waals surface area contributed by atoms with E-state index >= 15 is 0 Å². The lowest BCUT2D eigenvalue weighted by Crippen LogP contribution is -2.37. The van der Waals surface area contributed by atoms with Gasteiger partial charge in [0.2, 0.25) is 15.8 Å². The lowest BCUT2D eigenvalue weighted by Gasteiger charge is -2.26. The number of rotatable bonds is 4. The molecule has 1 aliphatic rings. The van der Waals surface area contributed by atoms with Gasteiger partial charge >= 0.3 is 12.1 Å². The van der Waals surface area contributed by atoms with Crippen LogP contribution in [0.4, 0.5) is 13.2 Å². The molecule has 0 amide bonds. The number of hydrogen-bond donors (Lipinski definition) is 0. The summed E-state index contributed by atoms with van der Waals surface area (Å²) in [6.07, 6.45) is -3.69. The third kappa shape index (κ3) is 3.20. The van der Waals surface area contributed by atoms with Gasteiger partial charge in [-0.1, -0.05) is 12.1 Å². The van der Waals surface area contributed by atoms with Crippen molar-refractivity contribution in [3.63, 3.8) is 0 Å². The zero-order valence-corrected chi connectivity index (χ0v) is 14.3. The fourth-order valence-electron chi connectivity index (χ4n) is 2.55. The normalized spacial score (nSPS) is 16.3. The largest absolute Gasteiger partial charge is 0.471 e. The number of aromatic nitrogens is 2. The quantitative estimate of drug-likeness (QED) is 0.814. The van der Waals surface area contributed by atoms with Gasteiger partial charge in [-0.2, -0.15) is 22.5 Å². The molecule has 0 saturated carbocycles. The van der Waals surface area contributed by atoms with E-state index in [1.165, 1.54) is 15.6 Å². The lowest BCUT2D eigenvalue weighted by molar-refractivity contribution is -0.159. The van der Waals surface area contributed by atoms with Crippen molar-refractivity contribution in [2.75, 3.05) is 12.3 Å². The molecule has 0 unspecified atom stereocenters. The summed E-state index contributed by atoms with van der Waals surface area (Å²) < 4.78 is 67.9. The third-order valence-corrected chi connectivity index (χ3v) is 6.78. The molecule has 1 aliphatic heterocycles. The van der Waals surface area contributed by atoms with Crippen molar-refractivity contribution >= 4 is 21.4 Å². The highest BCUT2D eigenvalue weighted by Crippen LogP contribution is 2.36. The Labute approximate surface area is 140 Å². The summed E-state index contributed by atoms with van der Waals surface area (Å²) in [5.74, 6) is -1.54. The first-order chi connectivity index (χ1) is 11.2. The van der Waals surface area contributed by atoms with Gasteiger partial charge in [-0.3, -0.25) is 0 Å². The summed E-state index contributed by atoms with van der Waals surface area (Å²) in [6.45, 7) is 2.27. The molecule has 11 heteroatoms. The molecule has 0 N–H and O–H groups in total. The van der Waals surface area contributed by atoms with Gasteiger partial charge in [-0.05, 0) is 18.4 Å². The van der Waals surface area contributed by atoms with Gasteiger partial charge in [0.1, 0.15) is 0 Å². The van der Waals surface area contributed by atoms with Crippen LogP contribution in [0.1, 0.15) is 29.7 Å².